The zero-order valence-corrected chi connectivity index (χ0v) is 22.5. The molecule has 0 fully saturated rings. The summed E-state index contributed by atoms with van der Waals surface area (Å²) >= 11 is 0. The van der Waals surface area contributed by atoms with Crippen LogP contribution in [0.4, 0.5) is 0 Å². The lowest BCUT2D eigenvalue weighted by molar-refractivity contribution is 0.0528. The number of para-hydroxylation sites is 1. The second-order valence-corrected chi connectivity index (χ2v) is 11.3. The van der Waals surface area contributed by atoms with E-state index in [0.29, 0.717) is 16.6 Å². The second-order valence-electron chi connectivity index (χ2n) is 9.53. The maximum absolute atomic E-state index is 14.2. The quantitative estimate of drug-likeness (QED) is 0.214. The number of ether oxygens (including phenoxy) is 1. The number of aryl methyl sites for hydroxylation is 3. The van der Waals surface area contributed by atoms with Gasteiger partial charge in [-0.15, -0.1) is 0 Å². The van der Waals surface area contributed by atoms with E-state index in [-0.39, 0.29) is 11.5 Å². The minimum absolute atomic E-state index is 0.223. The van der Waals surface area contributed by atoms with Gasteiger partial charge in [-0.25, -0.2) is 17.2 Å². The van der Waals surface area contributed by atoms with Crippen LogP contribution in [0.25, 0.3) is 32.6 Å². The van der Waals surface area contributed by atoms with E-state index in [0.717, 1.165) is 57.5 Å². The Bertz CT molecular complexity index is 1760. The third-order valence-electron chi connectivity index (χ3n) is 7.05. The summed E-state index contributed by atoms with van der Waals surface area (Å²) in [5.74, 6) is -0.391. The molecule has 0 bridgehead atoms. The molecule has 1 heterocycles. The highest BCUT2D eigenvalue weighted by Gasteiger charge is 2.28. The molecule has 0 radical (unpaired) electrons. The number of aromatic nitrogens is 1. The van der Waals surface area contributed by atoms with Crippen molar-refractivity contribution < 1.29 is 17.9 Å². The van der Waals surface area contributed by atoms with Gasteiger partial charge < -0.3 is 4.74 Å². The van der Waals surface area contributed by atoms with Crippen molar-refractivity contribution in [1.29, 1.82) is 0 Å². The van der Waals surface area contributed by atoms with Crippen LogP contribution < -0.4 is 0 Å². The summed E-state index contributed by atoms with van der Waals surface area (Å²) in [6.45, 7) is 8.02. The molecule has 0 aliphatic rings. The van der Waals surface area contributed by atoms with Crippen molar-refractivity contribution in [2.75, 3.05) is 6.61 Å². The average Bonchev–Trinajstić information content (AvgIpc) is 3.24. The second kappa shape index (κ2) is 9.67. The van der Waals surface area contributed by atoms with Crippen molar-refractivity contribution in [3.63, 3.8) is 0 Å². The largest absolute Gasteiger partial charge is 0.462 e. The van der Waals surface area contributed by atoms with E-state index < -0.39 is 16.0 Å². The van der Waals surface area contributed by atoms with Gasteiger partial charge in [0.15, 0.2) is 0 Å². The Kier molecular flexibility index (Phi) is 6.54. The summed E-state index contributed by atoms with van der Waals surface area (Å²) in [6.07, 6.45) is 2.98. The molecule has 0 N–H and O–H groups in total. The van der Waals surface area contributed by atoms with Crippen molar-refractivity contribution >= 4 is 48.6 Å². The van der Waals surface area contributed by atoms with Crippen LogP contribution in [0, 0.1) is 13.8 Å². The highest BCUT2D eigenvalue weighted by molar-refractivity contribution is 7.90. The highest BCUT2D eigenvalue weighted by Crippen LogP contribution is 2.41. The van der Waals surface area contributed by atoms with Crippen LogP contribution in [0.5, 0.6) is 0 Å². The lowest BCUT2D eigenvalue weighted by Crippen LogP contribution is -2.14. The Hall–Kier alpha value is -3.64. The number of hydrogen-bond donors (Lipinski definition) is 0. The van der Waals surface area contributed by atoms with Gasteiger partial charge in [0.05, 0.1) is 28.1 Å². The normalized spacial score (nSPS) is 12.0. The van der Waals surface area contributed by atoms with E-state index in [1.54, 1.807) is 19.1 Å². The number of fused-ring (bicyclic) bond motifs is 5. The fourth-order valence-electron chi connectivity index (χ4n) is 5.24. The number of carbonyl (C=O) groups is 1. The lowest BCUT2D eigenvalue weighted by atomic mass is 9.92. The van der Waals surface area contributed by atoms with Crippen LogP contribution in [0.1, 0.15) is 53.7 Å². The molecule has 0 saturated heterocycles. The number of carbonyl (C=O) groups excluding carboxylic acids is 1. The van der Waals surface area contributed by atoms with Crippen molar-refractivity contribution in [3.8, 4) is 0 Å². The number of hydrogen-bond acceptors (Lipinski definition) is 4. The molecule has 5 aromatic rings. The molecule has 0 amide bonds. The first-order chi connectivity index (χ1) is 17.8. The third kappa shape index (κ3) is 4.09. The van der Waals surface area contributed by atoms with Gasteiger partial charge in [0.25, 0.3) is 10.0 Å². The van der Waals surface area contributed by atoms with Gasteiger partial charge in [0.2, 0.25) is 0 Å². The molecule has 1 aromatic heterocycles. The fraction of sp³-hybridized carbons (Fsp3) is 0.258. The highest BCUT2D eigenvalue weighted by atomic mass is 32.2. The predicted molar refractivity (Wildman–Crippen MR) is 150 cm³/mol. The first-order valence-electron chi connectivity index (χ1n) is 12.8. The van der Waals surface area contributed by atoms with Crippen LogP contribution in [-0.4, -0.2) is 25.0 Å². The zero-order chi connectivity index (χ0) is 26.3. The Labute approximate surface area is 217 Å². The Balaban J connectivity index is 1.98. The van der Waals surface area contributed by atoms with Crippen LogP contribution in [-0.2, 0) is 21.2 Å². The molecule has 6 heteroatoms. The number of nitrogens with zero attached hydrogens (tertiary/aromatic N) is 1. The van der Waals surface area contributed by atoms with E-state index >= 15 is 0 Å². The van der Waals surface area contributed by atoms with E-state index in [4.69, 9.17) is 4.74 Å². The molecule has 5 rings (SSSR count). The molecule has 190 valence electrons. The number of benzene rings is 4. The van der Waals surface area contributed by atoms with Gasteiger partial charge in [-0.1, -0.05) is 67.4 Å². The molecule has 4 aromatic carbocycles. The van der Waals surface area contributed by atoms with Crippen molar-refractivity contribution in [2.24, 2.45) is 0 Å². The first-order valence-corrected chi connectivity index (χ1v) is 14.2. The van der Waals surface area contributed by atoms with E-state index in [1.807, 2.05) is 68.4 Å². The van der Waals surface area contributed by atoms with Crippen LogP contribution in [0.3, 0.4) is 0 Å². The lowest BCUT2D eigenvalue weighted by Gasteiger charge is -2.16. The standard InChI is InChI=1S/C31H31NO4S/c1-5-7-10-22-15-18-24-26(19-22)29(31(33)36-6-2)21(4)28-25-11-8-9-12-27(25)32(30(24)28)37(34,35)23-16-13-20(3)14-17-23/h8-9,11-19H,5-7,10H2,1-4H3. The summed E-state index contributed by atoms with van der Waals surface area (Å²) < 4.78 is 35.3. The number of unbranched alkanes of at least 4 members (excludes halogenated alkanes) is 1. The van der Waals surface area contributed by atoms with Crippen molar-refractivity contribution in [3.05, 3.63) is 89.0 Å². The number of esters is 1. The fourth-order valence-corrected chi connectivity index (χ4v) is 6.77. The number of rotatable bonds is 7. The molecule has 0 saturated carbocycles. The molecule has 0 unspecified atom stereocenters. The van der Waals surface area contributed by atoms with Gasteiger partial charge in [0, 0.05) is 16.2 Å². The van der Waals surface area contributed by atoms with Gasteiger partial charge >= 0.3 is 5.97 Å². The molecular weight excluding hydrogens is 482 g/mol. The van der Waals surface area contributed by atoms with Crippen LogP contribution in [0.15, 0.2) is 71.6 Å². The van der Waals surface area contributed by atoms with Gasteiger partial charge in [-0.3, -0.25) is 0 Å². The Morgan fingerprint density at radius 2 is 1.62 bits per heavy atom. The summed E-state index contributed by atoms with van der Waals surface area (Å²) in [7, 11) is -3.94. The molecule has 0 spiro atoms. The van der Waals surface area contributed by atoms with Gasteiger partial charge in [0.1, 0.15) is 0 Å². The molecular formula is C31H31NO4S. The van der Waals surface area contributed by atoms with Gasteiger partial charge in [-0.2, -0.15) is 0 Å². The Morgan fingerprint density at radius 1 is 0.892 bits per heavy atom. The molecule has 0 aliphatic carbocycles. The Morgan fingerprint density at radius 3 is 2.32 bits per heavy atom. The maximum atomic E-state index is 14.2. The third-order valence-corrected chi connectivity index (χ3v) is 8.78. The summed E-state index contributed by atoms with van der Waals surface area (Å²) in [6, 6.07) is 20.4. The monoisotopic (exact) mass is 513 g/mol. The molecule has 0 atom stereocenters. The topological polar surface area (TPSA) is 65.4 Å². The smallest absolute Gasteiger partial charge is 0.339 e. The van der Waals surface area contributed by atoms with Crippen molar-refractivity contribution in [2.45, 2.75) is 51.9 Å². The predicted octanol–water partition coefficient (Wildman–Crippen LogP) is 7.32. The van der Waals surface area contributed by atoms with Gasteiger partial charge in [-0.05, 0) is 68.3 Å². The molecule has 37 heavy (non-hydrogen) atoms. The van der Waals surface area contributed by atoms with E-state index in [2.05, 4.69) is 6.92 Å². The van der Waals surface area contributed by atoms with Crippen LogP contribution >= 0.6 is 0 Å². The minimum atomic E-state index is -3.94. The zero-order valence-electron chi connectivity index (χ0n) is 21.7. The molecule has 5 nitrogen and oxygen atoms in total. The van der Waals surface area contributed by atoms with E-state index in [9.17, 15) is 13.2 Å². The average molecular weight is 514 g/mol. The van der Waals surface area contributed by atoms with Crippen LogP contribution in [0.2, 0.25) is 0 Å². The SMILES string of the molecule is CCCCc1ccc2c(c1)c(C(=O)OCC)c(C)c1c3ccccc3n(S(=O)(=O)c3ccc(C)cc3)c21. The summed E-state index contributed by atoms with van der Waals surface area (Å²) in [5.41, 5.74) is 4.49. The first kappa shape index (κ1) is 25.0. The molecule has 0 aliphatic heterocycles. The van der Waals surface area contributed by atoms with E-state index in [1.165, 1.54) is 3.97 Å². The maximum Gasteiger partial charge on any atom is 0.339 e. The minimum Gasteiger partial charge on any atom is -0.462 e. The summed E-state index contributed by atoms with van der Waals surface area (Å²) in [4.78, 5) is 13.5. The summed E-state index contributed by atoms with van der Waals surface area (Å²) in [5, 5.41) is 2.98. The van der Waals surface area contributed by atoms with Crippen molar-refractivity contribution in [1.82, 2.24) is 3.97 Å².